The molecule has 1 saturated heterocycles. The molecule has 2 aliphatic rings. The topological polar surface area (TPSA) is 77.9 Å². The van der Waals surface area contributed by atoms with E-state index in [1.807, 2.05) is 6.07 Å². The molecule has 7 heteroatoms. The highest BCUT2D eigenvalue weighted by Crippen LogP contribution is 2.46. The van der Waals surface area contributed by atoms with E-state index in [0.717, 1.165) is 17.1 Å². The standard InChI is InChI=1S/C24H32N4O3/c1-15-6-5-7-16(2)20(15)13-25-24-23-19(17(3)18(4)27(23)8-10-29)12-21(26-24)28-9-11-31-14-22(28)30/h5-7,12,17-18,29H,8-11,13-14H2,1-4H3,(H,25,26). The highest BCUT2D eigenvalue weighted by atomic mass is 16.5. The average Bonchev–Trinajstić information content (AvgIpc) is 2.99. The van der Waals surface area contributed by atoms with Crippen LogP contribution in [0.4, 0.5) is 17.3 Å². The van der Waals surface area contributed by atoms with Gasteiger partial charge in [0.1, 0.15) is 12.4 Å². The lowest BCUT2D eigenvalue weighted by Crippen LogP contribution is -2.42. The lowest BCUT2D eigenvalue weighted by atomic mass is 9.98. The minimum atomic E-state index is -0.0645. The Hall–Kier alpha value is -2.64. The van der Waals surface area contributed by atoms with Crippen molar-refractivity contribution in [1.82, 2.24) is 4.98 Å². The Balaban J connectivity index is 1.76. The average molecular weight is 425 g/mol. The van der Waals surface area contributed by atoms with Crippen LogP contribution in [0.1, 0.15) is 42.0 Å². The number of hydrogen-bond acceptors (Lipinski definition) is 6. The summed E-state index contributed by atoms with van der Waals surface area (Å²) in [5.41, 5.74) is 5.91. The second kappa shape index (κ2) is 8.85. The SMILES string of the molecule is Cc1cccc(C)c1CNc1nc(N2CCOCC2=O)cc2c1N(CCO)C(C)C2C. The number of benzene rings is 1. The van der Waals surface area contributed by atoms with E-state index in [1.54, 1.807) is 4.90 Å². The number of nitrogens with one attached hydrogen (secondary N) is 1. The summed E-state index contributed by atoms with van der Waals surface area (Å²) < 4.78 is 5.30. The van der Waals surface area contributed by atoms with Crippen LogP contribution in [0.2, 0.25) is 0 Å². The Labute approximate surface area is 184 Å². The van der Waals surface area contributed by atoms with Gasteiger partial charge in [0.2, 0.25) is 0 Å². The van der Waals surface area contributed by atoms with Gasteiger partial charge in [-0.1, -0.05) is 25.1 Å². The molecule has 0 spiro atoms. The van der Waals surface area contributed by atoms with Gasteiger partial charge in [-0.05, 0) is 49.1 Å². The van der Waals surface area contributed by atoms with Crippen molar-refractivity contribution >= 4 is 23.2 Å². The fourth-order valence-corrected chi connectivity index (χ4v) is 4.67. The summed E-state index contributed by atoms with van der Waals surface area (Å²) in [5.74, 6) is 1.63. The Kier molecular flexibility index (Phi) is 6.16. The number of pyridine rings is 1. The van der Waals surface area contributed by atoms with E-state index in [-0.39, 0.29) is 31.1 Å². The molecule has 166 valence electrons. The first-order valence-corrected chi connectivity index (χ1v) is 11.0. The number of aliphatic hydroxyl groups is 1. The summed E-state index contributed by atoms with van der Waals surface area (Å²) in [4.78, 5) is 21.3. The van der Waals surface area contributed by atoms with E-state index in [9.17, 15) is 9.90 Å². The highest BCUT2D eigenvalue weighted by molar-refractivity contribution is 5.95. The van der Waals surface area contributed by atoms with E-state index >= 15 is 0 Å². The van der Waals surface area contributed by atoms with Gasteiger partial charge < -0.3 is 20.1 Å². The van der Waals surface area contributed by atoms with E-state index < -0.39 is 0 Å². The maximum Gasteiger partial charge on any atom is 0.254 e. The van der Waals surface area contributed by atoms with Crippen LogP contribution >= 0.6 is 0 Å². The van der Waals surface area contributed by atoms with Gasteiger partial charge in [-0.15, -0.1) is 0 Å². The first-order chi connectivity index (χ1) is 14.9. The van der Waals surface area contributed by atoms with Crippen LogP contribution in [0.15, 0.2) is 24.3 Å². The number of hydrogen-bond donors (Lipinski definition) is 2. The first-order valence-electron chi connectivity index (χ1n) is 11.0. The van der Waals surface area contributed by atoms with Crippen molar-refractivity contribution in [2.45, 2.75) is 46.2 Å². The first kappa shape index (κ1) is 21.6. The lowest BCUT2D eigenvalue weighted by molar-refractivity contribution is -0.125. The largest absolute Gasteiger partial charge is 0.395 e. The van der Waals surface area contributed by atoms with E-state index in [1.165, 1.54) is 16.7 Å². The summed E-state index contributed by atoms with van der Waals surface area (Å²) >= 11 is 0. The molecule has 0 aliphatic carbocycles. The van der Waals surface area contributed by atoms with Gasteiger partial charge in [0, 0.05) is 25.0 Å². The maximum atomic E-state index is 12.5. The lowest BCUT2D eigenvalue weighted by Gasteiger charge is -2.29. The van der Waals surface area contributed by atoms with Gasteiger partial charge in [-0.25, -0.2) is 4.98 Å². The minimum absolute atomic E-state index is 0.0645. The number of rotatable bonds is 6. The van der Waals surface area contributed by atoms with Gasteiger partial charge in [0.15, 0.2) is 5.82 Å². The van der Waals surface area contributed by atoms with Crippen LogP contribution in [-0.2, 0) is 16.1 Å². The number of aliphatic hydroxyl groups excluding tert-OH is 1. The predicted octanol–water partition coefficient (Wildman–Crippen LogP) is 2.98. The Morgan fingerprint density at radius 3 is 2.68 bits per heavy atom. The second-order valence-corrected chi connectivity index (χ2v) is 8.54. The van der Waals surface area contributed by atoms with Gasteiger partial charge in [0.25, 0.3) is 5.91 Å². The predicted molar refractivity (Wildman–Crippen MR) is 123 cm³/mol. The fraction of sp³-hybridized carbons (Fsp3) is 0.500. The smallest absolute Gasteiger partial charge is 0.254 e. The zero-order chi connectivity index (χ0) is 22.1. The Morgan fingerprint density at radius 2 is 2.00 bits per heavy atom. The zero-order valence-corrected chi connectivity index (χ0v) is 18.8. The molecule has 1 amide bonds. The van der Waals surface area contributed by atoms with Crippen LogP contribution in [0.3, 0.4) is 0 Å². The van der Waals surface area contributed by atoms with Crippen LogP contribution in [0, 0.1) is 13.8 Å². The molecule has 0 saturated carbocycles. The highest BCUT2D eigenvalue weighted by Gasteiger charge is 2.36. The number of aromatic nitrogens is 1. The minimum Gasteiger partial charge on any atom is -0.395 e. The molecule has 1 aromatic carbocycles. The van der Waals surface area contributed by atoms with Gasteiger partial charge in [0.05, 0.1) is 25.4 Å². The number of β-amino-alcohol motifs (C(OH)–C–C–N with tert-alkyl or cyclic N) is 1. The molecule has 2 aromatic rings. The molecular weight excluding hydrogens is 392 g/mol. The maximum absolute atomic E-state index is 12.5. The normalized spacial score (nSPS) is 20.9. The quantitative estimate of drug-likeness (QED) is 0.742. The molecule has 3 heterocycles. The van der Waals surface area contributed by atoms with Crippen molar-refractivity contribution in [3.63, 3.8) is 0 Å². The number of fused-ring (bicyclic) bond motifs is 1. The van der Waals surface area contributed by atoms with Crippen molar-refractivity contribution in [2.24, 2.45) is 0 Å². The zero-order valence-electron chi connectivity index (χ0n) is 18.8. The molecular formula is C24H32N4O3. The molecule has 31 heavy (non-hydrogen) atoms. The van der Waals surface area contributed by atoms with Crippen LogP contribution in [-0.4, -0.2) is 54.9 Å². The van der Waals surface area contributed by atoms with Crippen molar-refractivity contribution in [1.29, 1.82) is 0 Å². The van der Waals surface area contributed by atoms with Gasteiger partial charge in [-0.2, -0.15) is 0 Å². The van der Waals surface area contributed by atoms with Gasteiger partial charge >= 0.3 is 0 Å². The third kappa shape index (κ3) is 4.00. The molecule has 4 rings (SSSR count). The molecule has 2 N–H and O–H groups in total. The monoisotopic (exact) mass is 424 g/mol. The Morgan fingerprint density at radius 1 is 1.26 bits per heavy atom. The van der Waals surface area contributed by atoms with Crippen molar-refractivity contribution in [2.75, 3.05) is 48.0 Å². The van der Waals surface area contributed by atoms with Crippen molar-refractivity contribution < 1.29 is 14.6 Å². The molecule has 2 aliphatic heterocycles. The molecule has 2 unspecified atom stereocenters. The van der Waals surface area contributed by atoms with Crippen LogP contribution in [0.5, 0.6) is 0 Å². The number of aryl methyl sites for hydroxylation is 2. The summed E-state index contributed by atoms with van der Waals surface area (Å²) in [5, 5.41) is 13.2. The van der Waals surface area contributed by atoms with Crippen molar-refractivity contribution in [3.05, 3.63) is 46.5 Å². The van der Waals surface area contributed by atoms with Crippen LogP contribution < -0.4 is 15.1 Å². The van der Waals surface area contributed by atoms with E-state index in [2.05, 4.69) is 56.1 Å². The summed E-state index contributed by atoms with van der Waals surface area (Å²) in [6.07, 6.45) is 0. The van der Waals surface area contributed by atoms with E-state index in [0.29, 0.717) is 32.1 Å². The van der Waals surface area contributed by atoms with Crippen molar-refractivity contribution in [3.8, 4) is 0 Å². The van der Waals surface area contributed by atoms with E-state index in [4.69, 9.17) is 9.72 Å². The number of ether oxygens (including phenoxy) is 1. The third-order valence-corrected chi connectivity index (χ3v) is 6.68. The Bertz CT molecular complexity index is 957. The molecule has 7 nitrogen and oxygen atoms in total. The molecule has 1 fully saturated rings. The molecule has 0 radical (unpaired) electrons. The number of carbonyl (C=O) groups excluding carboxylic acids is 1. The second-order valence-electron chi connectivity index (χ2n) is 8.54. The summed E-state index contributed by atoms with van der Waals surface area (Å²) in [6.45, 7) is 11.0. The number of carbonyl (C=O) groups is 1. The molecule has 2 atom stereocenters. The summed E-state index contributed by atoms with van der Waals surface area (Å²) in [6, 6.07) is 8.59. The number of anilines is 3. The van der Waals surface area contributed by atoms with Crippen LogP contribution in [0.25, 0.3) is 0 Å². The number of nitrogens with zero attached hydrogens (tertiary/aromatic N) is 3. The third-order valence-electron chi connectivity index (χ3n) is 6.68. The molecule has 1 aromatic heterocycles. The number of amides is 1. The molecule has 0 bridgehead atoms. The fourth-order valence-electron chi connectivity index (χ4n) is 4.67. The summed E-state index contributed by atoms with van der Waals surface area (Å²) in [7, 11) is 0. The van der Waals surface area contributed by atoms with Gasteiger partial charge in [-0.3, -0.25) is 9.69 Å². The number of morpholine rings is 1.